The average molecular weight is 238 g/mol. The Morgan fingerprint density at radius 2 is 1.82 bits per heavy atom. The van der Waals surface area contributed by atoms with Crippen molar-refractivity contribution in [3.05, 3.63) is 0 Å². The third kappa shape index (κ3) is 3.70. The van der Waals surface area contributed by atoms with Crippen LogP contribution in [0, 0.1) is 5.92 Å². The smallest absolute Gasteiger partial charge is 0.236 e. The first-order valence-electron chi connectivity index (χ1n) is 7.16. The SMILES string of the molecule is CC(C1CC1)N(C)CC(=O)N1CCCCCC1. The van der Waals surface area contributed by atoms with E-state index in [0.717, 1.165) is 19.0 Å². The summed E-state index contributed by atoms with van der Waals surface area (Å²) in [6.07, 6.45) is 7.66. The number of hydrogen-bond donors (Lipinski definition) is 0. The minimum Gasteiger partial charge on any atom is -0.342 e. The van der Waals surface area contributed by atoms with Crippen LogP contribution < -0.4 is 0 Å². The summed E-state index contributed by atoms with van der Waals surface area (Å²) in [6, 6.07) is 0.575. The van der Waals surface area contributed by atoms with Crippen molar-refractivity contribution in [3.8, 4) is 0 Å². The maximum Gasteiger partial charge on any atom is 0.236 e. The van der Waals surface area contributed by atoms with Crippen LogP contribution in [0.4, 0.5) is 0 Å². The molecule has 0 aromatic carbocycles. The molecular weight excluding hydrogens is 212 g/mol. The van der Waals surface area contributed by atoms with E-state index >= 15 is 0 Å². The molecule has 1 saturated heterocycles. The fraction of sp³-hybridized carbons (Fsp3) is 0.929. The molecule has 1 heterocycles. The fourth-order valence-electron chi connectivity index (χ4n) is 2.72. The lowest BCUT2D eigenvalue weighted by Crippen LogP contribution is -2.42. The number of likely N-dealkylation sites (tertiary alicyclic amines) is 1. The Morgan fingerprint density at radius 3 is 2.35 bits per heavy atom. The largest absolute Gasteiger partial charge is 0.342 e. The van der Waals surface area contributed by atoms with Crippen molar-refractivity contribution in [3.63, 3.8) is 0 Å². The lowest BCUT2D eigenvalue weighted by molar-refractivity contribution is -0.132. The monoisotopic (exact) mass is 238 g/mol. The van der Waals surface area contributed by atoms with Crippen molar-refractivity contribution in [2.75, 3.05) is 26.7 Å². The summed E-state index contributed by atoms with van der Waals surface area (Å²) < 4.78 is 0. The molecular formula is C14H26N2O. The van der Waals surface area contributed by atoms with E-state index in [1.807, 2.05) is 0 Å². The highest BCUT2D eigenvalue weighted by molar-refractivity contribution is 5.78. The van der Waals surface area contributed by atoms with E-state index in [2.05, 4.69) is 23.8 Å². The molecule has 2 aliphatic rings. The van der Waals surface area contributed by atoms with Crippen LogP contribution in [-0.2, 0) is 4.79 Å². The summed E-state index contributed by atoms with van der Waals surface area (Å²) >= 11 is 0. The highest BCUT2D eigenvalue weighted by atomic mass is 16.2. The summed E-state index contributed by atoms with van der Waals surface area (Å²) in [6.45, 7) is 4.82. The number of carbonyl (C=O) groups is 1. The zero-order chi connectivity index (χ0) is 12.3. The van der Waals surface area contributed by atoms with Gasteiger partial charge in [0, 0.05) is 19.1 Å². The summed E-state index contributed by atoms with van der Waals surface area (Å²) in [7, 11) is 2.10. The molecule has 1 unspecified atom stereocenters. The molecule has 1 amide bonds. The molecule has 2 fully saturated rings. The van der Waals surface area contributed by atoms with Crippen LogP contribution >= 0.6 is 0 Å². The van der Waals surface area contributed by atoms with Gasteiger partial charge in [0.15, 0.2) is 0 Å². The highest BCUT2D eigenvalue weighted by Crippen LogP contribution is 2.34. The summed E-state index contributed by atoms with van der Waals surface area (Å²) in [5, 5.41) is 0. The molecule has 1 atom stereocenters. The zero-order valence-electron chi connectivity index (χ0n) is 11.3. The number of amides is 1. The minimum absolute atomic E-state index is 0.335. The van der Waals surface area contributed by atoms with Gasteiger partial charge in [-0.1, -0.05) is 12.8 Å². The molecule has 0 spiro atoms. The number of carbonyl (C=O) groups excluding carboxylic acids is 1. The van der Waals surface area contributed by atoms with Gasteiger partial charge < -0.3 is 4.90 Å². The normalized spacial score (nSPS) is 23.6. The molecule has 1 aliphatic carbocycles. The van der Waals surface area contributed by atoms with E-state index in [9.17, 15) is 4.79 Å². The number of hydrogen-bond acceptors (Lipinski definition) is 2. The highest BCUT2D eigenvalue weighted by Gasteiger charge is 2.31. The molecule has 98 valence electrons. The Kier molecular flexibility index (Phi) is 4.43. The quantitative estimate of drug-likeness (QED) is 0.749. The van der Waals surface area contributed by atoms with Gasteiger partial charge in [0.05, 0.1) is 6.54 Å². The number of rotatable bonds is 4. The second kappa shape index (κ2) is 5.85. The van der Waals surface area contributed by atoms with Crippen molar-refractivity contribution in [2.45, 2.75) is 51.5 Å². The molecule has 3 heteroatoms. The van der Waals surface area contributed by atoms with Gasteiger partial charge in [-0.3, -0.25) is 9.69 Å². The summed E-state index contributed by atoms with van der Waals surface area (Å²) in [4.78, 5) is 16.5. The Bertz CT molecular complexity index is 255. The van der Waals surface area contributed by atoms with Crippen molar-refractivity contribution >= 4 is 5.91 Å². The van der Waals surface area contributed by atoms with E-state index in [1.165, 1.54) is 38.5 Å². The molecule has 0 aromatic heterocycles. The molecule has 0 N–H and O–H groups in total. The maximum absolute atomic E-state index is 12.2. The van der Waals surface area contributed by atoms with E-state index < -0.39 is 0 Å². The predicted molar refractivity (Wildman–Crippen MR) is 69.9 cm³/mol. The number of likely N-dealkylation sites (N-methyl/N-ethyl adjacent to an activating group) is 1. The van der Waals surface area contributed by atoms with E-state index in [-0.39, 0.29) is 0 Å². The molecule has 0 aromatic rings. The van der Waals surface area contributed by atoms with Crippen molar-refractivity contribution < 1.29 is 4.79 Å². The molecule has 17 heavy (non-hydrogen) atoms. The Labute approximate surface area is 105 Å². The van der Waals surface area contributed by atoms with E-state index in [4.69, 9.17) is 0 Å². The first-order chi connectivity index (χ1) is 8.18. The first-order valence-corrected chi connectivity index (χ1v) is 7.16. The standard InChI is InChI=1S/C14H26N2O/c1-12(13-7-8-13)15(2)11-14(17)16-9-5-3-4-6-10-16/h12-13H,3-11H2,1-2H3. The third-order valence-corrected chi connectivity index (χ3v) is 4.34. The van der Waals surface area contributed by atoms with Crippen LogP contribution in [0.25, 0.3) is 0 Å². The van der Waals surface area contributed by atoms with Crippen LogP contribution in [0.1, 0.15) is 45.4 Å². The van der Waals surface area contributed by atoms with Crippen LogP contribution in [0.2, 0.25) is 0 Å². The minimum atomic E-state index is 0.335. The maximum atomic E-state index is 12.2. The van der Waals surface area contributed by atoms with Crippen molar-refractivity contribution in [1.82, 2.24) is 9.80 Å². The lowest BCUT2D eigenvalue weighted by Gasteiger charge is -2.28. The predicted octanol–water partition coefficient (Wildman–Crippen LogP) is 2.12. The van der Waals surface area contributed by atoms with Gasteiger partial charge in [0.2, 0.25) is 5.91 Å². The molecule has 1 saturated carbocycles. The Morgan fingerprint density at radius 1 is 1.24 bits per heavy atom. The summed E-state index contributed by atoms with van der Waals surface area (Å²) in [5.74, 6) is 1.18. The topological polar surface area (TPSA) is 23.6 Å². The second-order valence-electron chi connectivity index (χ2n) is 5.79. The Balaban J connectivity index is 1.78. The van der Waals surface area contributed by atoms with Crippen LogP contribution in [0.3, 0.4) is 0 Å². The van der Waals surface area contributed by atoms with Gasteiger partial charge in [-0.05, 0) is 45.6 Å². The first kappa shape index (κ1) is 12.9. The average Bonchev–Trinajstić information content (AvgIpc) is 3.14. The second-order valence-corrected chi connectivity index (χ2v) is 5.79. The molecule has 2 rings (SSSR count). The Hall–Kier alpha value is -0.570. The zero-order valence-corrected chi connectivity index (χ0v) is 11.3. The fourth-order valence-corrected chi connectivity index (χ4v) is 2.72. The molecule has 0 radical (unpaired) electrons. The lowest BCUT2D eigenvalue weighted by atomic mass is 10.2. The van der Waals surface area contributed by atoms with Gasteiger partial charge in [0.25, 0.3) is 0 Å². The van der Waals surface area contributed by atoms with Gasteiger partial charge in [-0.2, -0.15) is 0 Å². The summed E-state index contributed by atoms with van der Waals surface area (Å²) in [5.41, 5.74) is 0. The third-order valence-electron chi connectivity index (χ3n) is 4.34. The van der Waals surface area contributed by atoms with Gasteiger partial charge in [-0.15, -0.1) is 0 Å². The van der Waals surface area contributed by atoms with Gasteiger partial charge in [0.1, 0.15) is 0 Å². The molecule has 0 bridgehead atoms. The van der Waals surface area contributed by atoms with E-state index in [0.29, 0.717) is 18.5 Å². The molecule has 3 nitrogen and oxygen atoms in total. The van der Waals surface area contributed by atoms with Crippen LogP contribution in [-0.4, -0.2) is 48.4 Å². The van der Waals surface area contributed by atoms with Crippen molar-refractivity contribution in [1.29, 1.82) is 0 Å². The van der Waals surface area contributed by atoms with E-state index in [1.54, 1.807) is 0 Å². The van der Waals surface area contributed by atoms with Crippen LogP contribution in [0.15, 0.2) is 0 Å². The van der Waals surface area contributed by atoms with Gasteiger partial charge in [-0.25, -0.2) is 0 Å². The van der Waals surface area contributed by atoms with Crippen molar-refractivity contribution in [2.24, 2.45) is 5.92 Å². The van der Waals surface area contributed by atoms with Crippen LogP contribution in [0.5, 0.6) is 0 Å². The molecule has 1 aliphatic heterocycles. The van der Waals surface area contributed by atoms with Gasteiger partial charge >= 0.3 is 0 Å². The number of nitrogens with zero attached hydrogens (tertiary/aromatic N) is 2.